The first-order valence-corrected chi connectivity index (χ1v) is 2.78. The third-order valence-corrected chi connectivity index (χ3v) is 1.12. The summed E-state index contributed by atoms with van der Waals surface area (Å²) in [4.78, 5) is 0. The average Bonchev–Trinajstić information content (AvgIpc) is 1.94. The van der Waals surface area contributed by atoms with Crippen molar-refractivity contribution in [2.75, 3.05) is 0 Å². The van der Waals surface area contributed by atoms with Crippen LogP contribution in [0.4, 0.5) is 0 Å². The van der Waals surface area contributed by atoms with E-state index in [1.54, 1.807) is 18.2 Å². The van der Waals surface area contributed by atoms with Crippen molar-refractivity contribution in [3.05, 3.63) is 29.8 Å². The van der Waals surface area contributed by atoms with E-state index in [0.717, 1.165) is 6.21 Å². The fourth-order valence-corrected chi connectivity index (χ4v) is 0.649. The summed E-state index contributed by atoms with van der Waals surface area (Å²) in [6.07, 6.45) is 1.11. The maximum absolute atomic E-state index is 10.8. The predicted octanol–water partition coefficient (Wildman–Crippen LogP) is 0.568. The van der Waals surface area contributed by atoms with Crippen molar-refractivity contribution in [3.63, 3.8) is 0 Å². The van der Waals surface area contributed by atoms with E-state index in [2.05, 4.69) is 5.16 Å². The van der Waals surface area contributed by atoms with E-state index in [-0.39, 0.29) is 5.75 Å². The number of nitrogens with zero attached hydrogens (tertiary/aromatic N) is 1. The Morgan fingerprint density at radius 1 is 1.40 bits per heavy atom. The smallest absolute Gasteiger partial charge is 0.0727 e. The van der Waals surface area contributed by atoms with E-state index >= 15 is 0 Å². The lowest BCUT2D eigenvalue weighted by atomic mass is 10.2. The first kappa shape index (κ1) is 6.61. The molecular formula is C7H6NO2-. The molecule has 10 heavy (non-hydrogen) atoms. The summed E-state index contributed by atoms with van der Waals surface area (Å²) in [7, 11) is 0. The third-order valence-electron chi connectivity index (χ3n) is 1.12. The van der Waals surface area contributed by atoms with Gasteiger partial charge in [-0.3, -0.25) is 0 Å². The monoisotopic (exact) mass is 136 g/mol. The molecule has 0 unspecified atom stereocenters. The molecule has 3 nitrogen and oxygen atoms in total. The number of hydrogen-bond donors (Lipinski definition) is 1. The van der Waals surface area contributed by atoms with Gasteiger partial charge < -0.3 is 10.3 Å². The van der Waals surface area contributed by atoms with Crippen molar-refractivity contribution < 1.29 is 10.3 Å². The normalized spacial score (nSPS) is 10.4. The fourth-order valence-electron chi connectivity index (χ4n) is 0.649. The Balaban J connectivity index is 3.03. The van der Waals surface area contributed by atoms with Crippen LogP contribution in [0.3, 0.4) is 0 Å². The van der Waals surface area contributed by atoms with Crippen molar-refractivity contribution >= 4 is 6.21 Å². The van der Waals surface area contributed by atoms with E-state index in [4.69, 9.17) is 5.21 Å². The first-order chi connectivity index (χ1) is 4.84. The molecule has 0 amide bonds. The van der Waals surface area contributed by atoms with Gasteiger partial charge in [-0.15, -0.1) is 0 Å². The predicted molar refractivity (Wildman–Crippen MR) is 35.3 cm³/mol. The van der Waals surface area contributed by atoms with Crippen LogP contribution in [0.1, 0.15) is 5.56 Å². The van der Waals surface area contributed by atoms with Gasteiger partial charge in [-0.1, -0.05) is 35.2 Å². The van der Waals surface area contributed by atoms with E-state index < -0.39 is 0 Å². The van der Waals surface area contributed by atoms with Gasteiger partial charge in [0, 0.05) is 0 Å². The van der Waals surface area contributed by atoms with Crippen LogP contribution in [0, 0.1) is 0 Å². The molecule has 0 aliphatic heterocycles. The zero-order chi connectivity index (χ0) is 7.40. The fraction of sp³-hybridized carbons (Fsp3) is 0. The van der Waals surface area contributed by atoms with Gasteiger partial charge in [0.25, 0.3) is 0 Å². The average molecular weight is 136 g/mol. The molecule has 0 radical (unpaired) electrons. The lowest BCUT2D eigenvalue weighted by Crippen LogP contribution is -1.94. The molecule has 1 rings (SSSR count). The molecule has 1 aromatic rings. The highest BCUT2D eigenvalue weighted by atomic mass is 16.4. The van der Waals surface area contributed by atoms with Crippen molar-refractivity contribution in [3.8, 4) is 5.75 Å². The minimum absolute atomic E-state index is 0.139. The molecule has 0 saturated heterocycles. The highest BCUT2D eigenvalue weighted by Crippen LogP contribution is 2.08. The van der Waals surface area contributed by atoms with Crippen molar-refractivity contribution in [1.29, 1.82) is 0 Å². The topological polar surface area (TPSA) is 55.7 Å². The molecule has 0 bridgehead atoms. The maximum Gasteiger partial charge on any atom is 0.0727 e. The molecular weight excluding hydrogens is 130 g/mol. The molecule has 1 aromatic carbocycles. The van der Waals surface area contributed by atoms with E-state index in [1.165, 1.54) is 6.07 Å². The molecule has 0 aromatic heterocycles. The second kappa shape index (κ2) is 2.87. The summed E-state index contributed by atoms with van der Waals surface area (Å²) in [5.74, 6) is -0.139. The van der Waals surface area contributed by atoms with Gasteiger partial charge in [-0.2, -0.15) is 0 Å². The van der Waals surface area contributed by atoms with Crippen molar-refractivity contribution in [2.45, 2.75) is 0 Å². The van der Waals surface area contributed by atoms with Gasteiger partial charge in [0.2, 0.25) is 0 Å². The Kier molecular flexibility index (Phi) is 1.89. The highest BCUT2D eigenvalue weighted by Gasteiger charge is 1.84. The molecule has 3 heteroatoms. The number of benzene rings is 1. The molecule has 0 aliphatic rings. The Labute approximate surface area is 58.2 Å². The van der Waals surface area contributed by atoms with Gasteiger partial charge >= 0.3 is 0 Å². The zero-order valence-electron chi connectivity index (χ0n) is 5.19. The van der Waals surface area contributed by atoms with Gasteiger partial charge in [-0.25, -0.2) is 0 Å². The summed E-state index contributed by atoms with van der Waals surface area (Å²) in [6.45, 7) is 0. The Morgan fingerprint density at radius 3 is 2.70 bits per heavy atom. The quantitative estimate of drug-likeness (QED) is 0.348. The molecule has 1 N–H and O–H groups in total. The number of rotatable bonds is 1. The molecule has 0 fully saturated rings. The summed E-state index contributed by atoms with van der Waals surface area (Å²) in [5, 5.41) is 21.6. The second-order valence-corrected chi connectivity index (χ2v) is 1.78. The van der Waals surface area contributed by atoms with Gasteiger partial charge in [0.05, 0.1) is 6.21 Å². The first-order valence-electron chi connectivity index (χ1n) is 2.78. The van der Waals surface area contributed by atoms with Gasteiger partial charge in [0.1, 0.15) is 0 Å². The van der Waals surface area contributed by atoms with Crippen LogP contribution >= 0.6 is 0 Å². The van der Waals surface area contributed by atoms with Crippen LogP contribution in [-0.4, -0.2) is 11.4 Å². The van der Waals surface area contributed by atoms with Crippen LogP contribution in [0.25, 0.3) is 0 Å². The van der Waals surface area contributed by atoms with Crippen LogP contribution in [0.15, 0.2) is 29.4 Å². The zero-order valence-corrected chi connectivity index (χ0v) is 5.19. The summed E-state index contributed by atoms with van der Waals surface area (Å²) in [6, 6.07) is 6.34. The molecule has 0 heterocycles. The number of para-hydroxylation sites is 1. The van der Waals surface area contributed by atoms with Crippen LogP contribution in [-0.2, 0) is 0 Å². The summed E-state index contributed by atoms with van der Waals surface area (Å²) >= 11 is 0. The number of oxime groups is 1. The van der Waals surface area contributed by atoms with Crippen LogP contribution in [0.5, 0.6) is 5.75 Å². The molecule has 0 aliphatic carbocycles. The molecule has 0 spiro atoms. The maximum atomic E-state index is 10.8. The Morgan fingerprint density at radius 2 is 2.10 bits per heavy atom. The largest absolute Gasteiger partial charge is 0.872 e. The molecule has 52 valence electrons. The van der Waals surface area contributed by atoms with E-state index in [9.17, 15) is 5.11 Å². The Bertz CT molecular complexity index is 245. The summed E-state index contributed by atoms with van der Waals surface area (Å²) < 4.78 is 0. The van der Waals surface area contributed by atoms with Gasteiger partial charge in [0.15, 0.2) is 0 Å². The minimum atomic E-state index is -0.139. The summed E-state index contributed by atoms with van der Waals surface area (Å²) in [5.41, 5.74) is 0.394. The van der Waals surface area contributed by atoms with Crippen molar-refractivity contribution in [2.24, 2.45) is 5.16 Å². The standard InChI is InChI=1S/C7H7NO2/c9-7-4-2-1-3-6(7)5-8-10/h1-5,9-10H/p-1/b8-5-. The van der Waals surface area contributed by atoms with Crippen molar-refractivity contribution in [1.82, 2.24) is 0 Å². The second-order valence-electron chi connectivity index (χ2n) is 1.78. The Hall–Kier alpha value is -1.51. The van der Waals surface area contributed by atoms with E-state index in [1.807, 2.05) is 0 Å². The minimum Gasteiger partial charge on any atom is -0.872 e. The highest BCUT2D eigenvalue weighted by molar-refractivity contribution is 5.82. The molecule has 0 atom stereocenters. The molecule has 0 saturated carbocycles. The van der Waals surface area contributed by atoms with Gasteiger partial charge in [-0.05, 0) is 5.56 Å². The lowest BCUT2D eigenvalue weighted by Gasteiger charge is -2.06. The van der Waals surface area contributed by atoms with Crippen LogP contribution < -0.4 is 5.11 Å². The van der Waals surface area contributed by atoms with Crippen LogP contribution in [0.2, 0.25) is 0 Å². The number of hydrogen-bond acceptors (Lipinski definition) is 3. The SMILES string of the molecule is [O-]c1ccccc1/C=N\O. The lowest BCUT2D eigenvalue weighted by molar-refractivity contribution is -0.268. The van der Waals surface area contributed by atoms with E-state index in [0.29, 0.717) is 5.56 Å². The third kappa shape index (κ3) is 1.25.